The zero-order chi connectivity index (χ0) is 14.7. The van der Waals surface area contributed by atoms with Crippen LogP contribution in [0.2, 0.25) is 0 Å². The van der Waals surface area contributed by atoms with E-state index in [1.54, 1.807) is 0 Å². The first-order valence-corrected chi connectivity index (χ1v) is 7.84. The summed E-state index contributed by atoms with van der Waals surface area (Å²) < 4.78 is 0. The molecule has 3 nitrogen and oxygen atoms in total. The maximum atomic E-state index is 12.5. The molecule has 20 heavy (non-hydrogen) atoms. The Balaban J connectivity index is 2.13. The molecule has 0 saturated carbocycles. The minimum Gasteiger partial charge on any atom is -0.384 e. The number of carbonyl (C=O) groups excluding carboxylic acids is 1. The van der Waals surface area contributed by atoms with E-state index in [4.69, 9.17) is 5.11 Å². The van der Waals surface area contributed by atoms with Gasteiger partial charge in [-0.25, -0.2) is 0 Å². The minimum absolute atomic E-state index is 0.119. The molecule has 2 rings (SSSR count). The van der Waals surface area contributed by atoms with Crippen molar-refractivity contribution in [1.82, 2.24) is 4.90 Å². The highest BCUT2D eigenvalue weighted by Gasteiger charge is 2.27. The summed E-state index contributed by atoms with van der Waals surface area (Å²) in [5, 5.41) is 8.75. The zero-order valence-electron chi connectivity index (χ0n) is 12.3. The lowest BCUT2D eigenvalue weighted by atomic mass is 9.88. The average molecular weight is 291 g/mol. The van der Waals surface area contributed by atoms with Gasteiger partial charge in [0.15, 0.2) is 0 Å². The summed E-state index contributed by atoms with van der Waals surface area (Å²) in [6.45, 7) is 7.96. The Morgan fingerprint density at radius 2 is 2.25 bits per heavy atom. The maximum absolute atomic E-state index is 12.5. The van der Waals surface area contributed by atoms with Crippen molar-refractivity contribution < 1.29 is 9.90 Å². The second-order valence-electron chi connectivity index (χ2n) is 5.58. The third-order valence-electron chi connectivity index (χ3n) is 4.03. The minimum atomic E-state index is -0.151. The van der Waals surface area contributed by atoms with Gasteiger partial charge in [0.2, 0.25) is 0 Å². The van der Waals surface area contributed by atoms with Crippen molar-refractivity contribution in [2.24, 2.45) is 11.8 Å². The van der Waals surface area contributed by atoms with E-state index < -0.39 is 0 Å². The number of aliphatic hydroxyl groups excluding tert-OH is 1. The van der Waals surface area contributed by atoms with Gasteiger partial charge >= 0.3 is 0 Å². The lowest BCUT2D eigenvalue weighted by molar-refractivity contribution is 0.0632. The van der Waals surface area contributed by atoms with Gasteiger partial charge in [0.25, 0.3) is 5.91 Å². The van der Waals surface area contributed by atoms with Crippen molar-refractivity contribution in [3.8, 4) is 11.8 Å². The Bertz CT molecular complexity index is 553. The predicted molar refractivity (Wildman–Crippen MR) is 81.9 cm³/mol. The number of aryl methyl sites for hydroxylation is 1. The number of thiophene rings is 1. The van der Waals surface area contributed by atoms with E-state index in [-0.39, 0.29) is 12.5 Å². The van der Waals surface area contributed by atoms with Crippen LogP contribution < -0.4 is 0 Å². The summed E-state index contributed by atoms with van der Waals surface area (Å²) in [7, 11) is 0. The van der Waals surface area contributed by atoms with Crippen LogP contribution >= 0.6 is 11.3 Å². The molecule has 1 aromatic rings. The summed E-state index contributed by atoms with van der Waals surface area (Å²) in [5.74, 6) is 6.91. The van der Waals surface area contributed by atoms with Crippen molar-refractivity contribution in [3.05, 3.63) is 21.4 Å². The lowest BCUT2D eigenvalue weighted by Crippen LogP contribution is -2.41. The van der Waals surface area contributed by atoms with Gasteiger partial charge in [0, 0.05) is 13.1 Å². The molecule has 2 heterocycles. The SMILES string of the molecule is Cc1cc(C(=O)N2CCC(C)C(C)C2)sc1C#CCO. The molecule has 1 saturated heterocycles. The van der Waals surface area contributed by atoms with Crippen LogP contribution in [0.5, 0.6) is 0 Å². The standard InChI is InChI=1S/C16H21NO2S/c1-11-6-7-17(10-13(11)3)16(19)15-9-12(2)14(20-15)5-4-8-18/h9,11,13,18H,6-8,10H2,1-3H3. The zero-order valence-corrected chi connectivity index (χ0v) is 13.1. The first-order chi connectivity index (χ1) is 9.52. The number of piperidine rings is 1. The van der Waals surface area contributed by atoms with Gasteiger partial charge in [-0.3, -0.25) is 4.79 Å². The molecule has 2 atom stereocenters. The van der Waals surface area contributed by atoms with Crippen molar-refractivity contribution in [3.63, 3.8) is 0 Å². The van der Waals surface area contributed by atoms with Crippen LogP contribution in [-0.2, 0) is 0 Å². The second-order valence-corrected chi connectivity index (χ2v) is 6.63. The van der Waals surface area contributed by atoms with Crippen LogP contribution in [0.3, 0.4) is 0 Å². The lowest BCUT2D eigenvalue weighted by Gasteiger charge is -2.35. The summed E-state index contributed by atoms with van der Waals surface area (Å²) in [6.07, 6.45) is 1.08. The number of nitrogens with zero attached hydrogens (tertiary/aromatic N) is 1. The fourth-order valence-electron chi connectivity index (χ4n) is 2.43. The van der Waals surface area contributed by atoms with E-state index >= 15 is 0 Å². The first-order valence-electron chi connectivity index (χ1n) is 7.02. The number of hydrogen-bond donors (Lipinski definition) is 1. The summed E-state index contributed by atoms with van der Waals surface area (Å²) in [4.78, 5) is 16.1. The third-order valence-corrected chi connectivity index (χ3v) is 5.17. The Morgan fingerprint density at radius 1 is 1.50 bits per heavy atom. The largest absolute Gasteiger partial charge is 0.384 e. The van der Waals surface area contributed by atoms with E-state index in [0.717, 1.165) is 34.8 Å². The molecule has 1 N–H and O–H groups in total. The van der Waals surface area contributed by atoms with Crippen molar-refractivity contribution >= 4 is 17.2 Å². The fourth-order valence-corrected chi connectivity index (χ4v) is 3.45. The number of likely N-dealkylation sites (tertiary alicyclic amines) is 1. The van der Waals surface area contributed by atoms with Crippen LogP contribution in [0.4, 0.5) is 0 Å². The smallest absolute Gasteiger partial charge is 0.263 e. The monoisotopic (exact) mass is 291 g/mol. The highest BCUT2D eigenvalue weighted by Crippen LogP contribution is 2.27. The molecule has 0 aromatic carbocycles. The topological polar surface area (TPSA) is 40.5 Å². The van der Waals surface area contributed by atoms with E-state index in [9.17, 15) is 4.79 Å². The van der Waals surface area contributed by atoms with Crippen molar-refractivity contribution in [1.29, 1.82) is 0 Å². The molecule has 1 aromatic heterocycles. The van der Waals surface area contributed by atoms with Crippen LogP contribution in [0.25, 0.3) is 0 Å². The van der Waals surface area contributed by atoms with Gasteiger partial charge in [0.05, 0.1) is 9.75 Å². The van der Waals surface area contributed by atoms with Gasteiger partial charge in [-0.1, -0.05) is 25.7 Å². The number of rotatable bonds is 1. The molecule has 4 heteroatoms. The summed E-state index contributed by atoms with van der Waals surface area (Å²) >= 11 is 1.43. The Morgan fingerprint density at radius 3 is 2.90 bits per heavy atom. The van der Waals surface area contributed by atoms with E-state index in [1.165, 1.54) is 11.3 Å². The maximum Gasteiger partial charge on any atom is 0.263 e. The van der Waals surface area contributed by atoms with Gasteiger partial charge in [-0.2, -0.15) is 0 Å². The van der Waals surface area contributed by atoms with Gasteiger partial charge in [0.1, 0.15) is 6.61 Å². The van der Waals surface area contributed by atoms with Crippen LogP contribution in [0, 0.1) is 30.6 Å². The Labute approximate surface area is 124 Å². The normalized spacial score (nSPS) is 22.3. The number of aliphatic hydroxyl groups is 1. The van der Waals surface area contributed by atoms with Gasteiger partial charge < -0.3 is 10.0 Å². The molecule has 1 aliphatic rings. The van der Waals surface area contributed by atoms with Gasteiger partial charge in [-0.15, -0.1) is 11.3 Å². The highest BCUT2D eigenvalue weighted by molar-refractivity contribution is 7.14. The molecule has 2 unspecified atom stereocenters. The van der Waals surface area contributed by atoms with E-state index in [1.807, 2.05) is 17.9 Å². The van der Waals surface area contributed by atoms with E-state index in [2.05, 4.69) is 25.7 Å². The number of hydrogen-bond acceptors (Lipinski definition) is 3. The molecule has 0 spiro atoms. The third kappa shape index (κ3) is 3.23. The molecular formula is C16H21NO2S. The molecular weight excluding hydrogens is 270 g/mol. The highest BCUT2D eigenvalue weighted by atomic mass is 32.1. The molecule has 1 aliphatic heterocycles. The van der Waals surface area contributed by atoms with Crippen LogP contribution in [0.1, 0.15) is 40.4 Å². The molecule has 0 bridgehead atoms. The molecule has 0 radical (unpaired) electrons. The van der Waals surface area contributed by atoms with Gasteiger partial charge in [-0.05, 0) is 36.8 Å². The molecule has 108 valence electrons. The quantitative estimate of drug-likeness (QED) is 0.808. The summed E-state index contributed by atoms with van der Waals surface area (Å²) in [5.41, 5.74) is 1.01. The Kier molecular flexibility index (Phi) is 4.85. The Hall–Kier alpha value is -1.31. The molecule has 1 fully saturated rings. The second kappa shape index (κ2) is 6.43. The van der Waals surface area contributed by atoms with Crippen LogP contribution in [0.15, 0.2) is 6.07 Å². The summed E-state index contributed by atoms with van der Waals surface area (Å²) in [6, 6.07) is 1.91. The van der Waals surface area contributed by atoms with E-state index in [0.29, 0.717) is 11.8 Å². The fraction of sp³-hybridized carbons (Fsp3) is 0.562. The predicted octanol–water partition coefficient (Wildman–Crippen LogP) is 2.52. The average Bonchev–Trinajstić information content (AvgIpc) is 2.80. The van der Waals surface area contributed by atoms with Crippen molar-refractivity contribution in [2.45, 2.75) is 27.2 Å². The van der Waals surface area contributed by atoms with Crippen LogP contribution in [-0.4, -0.2) is 35.6 Å². The van der Waals surface area contributed by atoms with Crippen molar-refractivity contribution in [2.75, 3.05) is 19.7 Å². The number of carbonyl (C=O) groups is 1. The number of amides is 1. The first kappa shape index (κ1) is 15.1. The molecule has 1 amide bonds. The molecule has 0 aliphatic carbocycles.